The van der Waals surface area contributed by atoms with Crippen LogP contribution in [0.3, 0.4) is 0 Å². The van der Waals surface area contributed by atoms with Crippen LogP contribution in [0.1, 0.15) is 52.4 Å². The first-order valence-electron chi connectivity index (χ1n) is 10.2. The van der Waals surface area contributed by atoms with E-state index in [1.807, 2.05) is 38.1 Å². The minimum Gasteiger partial charge on any atom is -0.326 e. The van der Waals surface area contributed by atoms with Gasteiger partial charge in [-0.3, -0.25) is 9.59 Å². The fourth-order valence-electron chi connectivity index (χ4n) is 5.80. The molecule has 5 rings (SSSR count). The molecule has 4 heteroatoms. The monoisotopic (exact) mass is 354 g/mol. The average molecular weight is 354 g/mol. The molecule has 26 heavy (non-hydrogen) atoms. The summed E-state index contributed by atoms with van der Waals surface area (Å²) in [7, 11) is 0. The number of nitrogens with one attached hydrogen (secondary N) is 2. The number of amides is 2. The Hall–Kier alpha value is -1.84. The van der Waals surface area contributed by atoms with Crippen LogP contribution in [0.5, 0.6) is 0 Å². The highest BCUT2D eigenvalue weighted by molar-refractivity contribution is 5.94. The van der Waals surface area contributed by atoms with Gasteiger partial charge in [-0.05, 0) is 86.0 Å². The summed E-state index contributed by atoms with van der Waals surface area (Å²) in [6.45, 7) is 4.06. The lowest BCUT2D eigenvalue weighted by atomic mass is 9.51. The molecule has 0 heterocycles. The SMILES string of the molecule is CC(C)CC(=O)Nc1ccc(NC(=O)C2C3CC4CC(C3)CC2C4)cc1. The minimum atomic E-state index is 0.0328. The highest BCUT2D eigenvalue weighted by atomic mass is 16.2. The maximum atomic E-state index is 12.9. The Kier molecular flexibility index (Phi) is 4.76. The Labute approximate surface area is 156 Å². The number of rotatable bonds is 5. The number of carbonyl (C=O) groups excluding carboxylic acids is 2. The molecule has 4 bridgehead atoms. The first-order chi connectivity index (χ1) is 12.5. The Morgan fingerprint density at radius 3 is 1.88 bits per heavy atom. The fourth-order valence-corrected chi connectivity index (χ4v) is 5.80. The van der Waals surface area contributed by atoms with Crippen LogP contribution >= 0.6 is 0 Å². The summed E-state index contributed by atoms with van der Waals surface area (Å²) in [6.07, 6.45) is 6.95. The smallest absolute Gasteiger partial charge is 0.228 e. The first kappa shape index (κ1) is 17.6. The van der Waals surface area contributed by atoms with Crippen molar-refractivity contribution < 1.29 is 9.59 Å². The van der Waals surface area contributed by atoms with E-state index in [-0.39, 0.29) is 17.7 Å². The number of benzene rings is 1. The van der Waals surface area contributed by atoms with E-state index in [1.165, 1.54) is 32.1 Å². The molecule has 0 spiro atoms. The van der Waals surface area contributed by atoms with Crippen LogP contribution in [0, 0.1) is 35.5 Å². The molecule has 0 aromatic heterocycles. The van der Waals surface area contributed by atoms with Gasteiger partial charge in [0.05, 0.1) is 0 Å². The predicted octanol–water partition coefficient (Wildman–Crippen LogP) is 4.68. The van der Waals surface area contributed by atoms with E-state index in [9.17, 15) is 9.59 Å². The molecule has 0 saturated heterocycles. The molecule has 0 atom stereocenters. The molecule has 0 aliphatic heterocycles. The van der Waals surface area contributed by atoms with Gasteiger partial charge in [-0.15, -0.1) is 0 Å². The second kappa shape index (κ2) is 7.05. The summed E-state index contributed by atoms with van der Waals surface area (Å²) < 4.78 is 0. The molecule has 1 aromatic rings. The molecular formula is C22H30N2O2. The number of carbonyl (C=O) groups is 2. The third kappa shape index (κ3) is 3.65. The largest absolute Gasteiger partial charge is 0.326 e. The number of anilines is 2. The molecule has 0 unspecified atom stereocenters. The van der Waals surface area contributed by atoms with Gasteiger partial charge in [0.25, 0.3) is 0 Å². The van der Waals surface area contributed by atoms with Gasteiger partial charge in [0, 0.05) is 23.7 Å². The van der Waals surface area contributed by atoms with Crippen molar-refractivity contribution >= 4 is 23.2 Å². The molecule has 4 saturated carbocycles. The van der Waals surface area contributed by atoms with Gasteiger partial charge in [-0.2, -0.15) is 0 Å². The van der Waals surface area contributed by atoms with Gasteiger partial charge in [0.1, 0.15) is 0 Å². The molecule has 4 aliphatic rings. The maximum absolute atomic E-state index is 12.9. The second-order valence-electron chi connectivity index (χ2n) is 9.17. The molecule has 1 aromatic carbocycles. The predicted molar refractivity (Wildman–Crippen MR) is 104 cm³/mol. The van der Waals surface area contributed by atoms with Gasteiger partial charge >= 0.3 is 0 Å². The third-order valence-electron chi connectivity index (χ3n) is 6.56. The third-order valence-corrected chi connectivity index (χ3v) is 6.56. The summed E-state index contributed by atoms with van der Waals surface area (Å²) >= 11 is 0. The Morgan fingerprint density at radius 1 is 0.885 bits per heavy atom. The highest BCUT2D eigenvalue weighted by Crippen LogP contribution is 2.56. The van der Waals surface area contributed by atoms with E-state index in [4.69, 9.17) is 0 Å². The van der Waals surface area contributed by atoms with Crippen molar-refractivity contribution in [3.8, 4) is 0 Å². The van der Waals surface area contributed by atoms with Crippen molar-refractivity contribution in [2.75, 3.05) is 10.6 Å². The molecule has 2 N–H and O–H groups in total. The van der Waals surface area contributed by atoms with Gasteiger partial charge in [-0.25, -0.2) is 0 Å². The van der Waals surface area contributed by atoms with Crippen LogP contribution in [0.4, 0.5) is 11.4 Å². The minimum absolute atomic E-state index is 0.0328. The van der Waals surface area contributed by atoms with E-state index in [0.717, 1.165) is 23.2 Å². The van der Waals surface area contributed by atoms with Crippen LogP contribution in [0.2, 0.25) is 0 Å². The van der Waals surface area contributed by atoms with E-state index in [0.29, 0.717) is 24.2 Å². The van der Waals surface area contributed by atoms with Crippen molar-refractivity contribution in [2.45, 2.75) is 52.4 Å². The van der Waals surface area contributed by atoms with Crippen molar-refractivity contribution in [2.24, 2.45) is 35.5 Å². The van der Waals surface area contributed by atoms with Gasteiger partial charge < -0.3 is 10.6 Å². The number of hydrogen-bond acceptors (Lipinski definition) is 2. The lowest BCUT2D eigenvalue weighted by Gasteiger charge is -2.53. The average Bonchev–Trinajstić information content (AvgIpc) is 2.55. The zero-order valence-electron chi connectivity index (χ0n) is 15.8. The molecular weight excluding hydrogens is 324 g/mol. The summed E-state index contributed by atoms with van der Waals surface area (Å²) in [5.74, 6) is 3.75. The second-order valence-corrected chi connectivity index (χ2v) is 9.17. The summed E-state index contributed by atoms with van der Waals surface area (Å²) in [5.41, 5.74) is 1.61. The normalized spacial score (nSPS) is 31.9. The maximum Gasteiger partial charge on any atom is 0.228 e. The summed E-state index contributed by atoms with van der Waals surface area (Å²) in [5, 5.41) is 6.04. The van der Waals surface area contributed by atoms with Gasteiger partial charge in [0.2, 0.25) is 11.8 Å². The Morgan fingerprint density at radius 2 is 1.38 bits per heavy atom. The number of hydrogen-bond donors (Lipinski definition) is 2. The summed E-state index contributed by atoms with van der Waals surface area (Å²) in [4.78, 5) is 24.8. The van der Waals surface area contributed by atoms with E-state index >= 15 is 0 Å². The van der Waals surface area contributed by atoms with Crippen molar-refractivity contribution in [1.29, 1.82) is 0 Å². The van der Waals surface area contributed by atoms with E-state index < -0.39 is 0 Å². The summed E-state index contributed by atoms with van der Waals surface area (Å²) in [6, 6.07) is 7.51. The highest BCUT2D eigenvalue weighted by Gasteiger charge is 2.50. The van der Waals surface area contributed by atoms with Crippen LogP contribution in [-0.2, 0) is 9.59 Å². The fraction of sp³-hybridized carbons (Fsp3) is 0.636. The lowest BCUT2D eigenvalue weighted by molar-refractivity contribution is -0.132. The quantitative estimate of drug-likeness (QED) is 0.806. The van der Waals surface area contributed by atoms with Crippen molar-refractivity contribution in [3.05, 3.63) is 24.3 Å². The molecule has 4 aliphatic carbocycles. The zero-order valence-corrected chi connectivity index (χ0v) is 15.8. The topological polar surface area (TPSA) is 58.2 Å². The molecule has 4 nitrogen and oxygen atoms in total. The van der Waals surface area contributed by atoms with Crippen LogP contribution in [0.15, 0.2) is 24.3 Å². The van der Waals surface area contributed by atoms with E-state index in [2.05, 4.69) is 10.6 Å². The van der Waals surface area contributed by atoms with Gasteiger partial charge in [0.15, 0.2) is 0 Å². The molecule has 2 amide bonds. The van der Waals surface area contributed by atoms with Crippen LogP contribution < -0.4 is 10.6 Å². The zero-order chi connectivity index (χ0) is 18.3. The van der Waals surface area contributed by atoms with Crippen molar-refractivity contribution in [1.82, 2.24) is 0 Å². The Balaban J connectivity index is 1.35. The standard InChI is InChI=1S/C22H30N2O2/c1-13(2)7-20(25)23-18-3-5-19(6-4-18)24-22(26)21-16-9-14-8-15(11-16)12-17(21)10-14/h3-6,13-17,21H,7-12H2,1-2H3,(H,23,25)(H,24,26). The van der Waals surface area contributed by atoms with E-state index in [1.54, 1.807) is 0 Å². The molecule has 4 fully saturated rings. The van der Waals surface area contributed by atoms with Crippen molar-refractivity contribution in [3.63, 3.8) is 0 Å². The molecule has 0 radical (unpaired) electrons. The van der Waals surface area contributed by atoms with Crippen LogP contribution in [0.25, 0.3) is 0 Å². The Bertz CT molecular complexity index is 652. The first-order valence-corrected chi connectivity index (χ1v) is 10.2. The molecule has 140 valence electrons. The van der Waals surface area contributed by atoms with Gasteiger partial charge in [-0.1, -0.05) is 13.8 Å². The lowest BCUT2D eigenvalue weighted by Crippen LogP contribution is -2.49. The van der Waals surface area contributed by atoms with Crippen LogP contribution in [-0.4, -0.2) is 11.8 Å².